The van der Waals surface area contributed by atoms with Gasteiger partial charge in [-0.05, 0) is 222 Å². The van der Waals surface area contributed by atoms with E-state index in [0.29, 0.717) is 0 Å². The molecule has 0 bridgehead atoms. The zero-order valence-electron chi connectivity index (χ0n) is 59.4. The Morgan fingerprint density at radius 2 is 0.802 bits per heavy atom. The number of nitrogens with zero attached hydrogens (tertiary/aromatic N) is 3. The van der Waals surface area contributed by atoms with Gasteiger partial charge in [-0.2, -0.15) is 0 Å². The van der Waals surface area contributed by atoms with E-state index >= 15 is 0 Å². The summed E-state index contributed by atoms with van der Waals surface area (Å²) in [7, 11) is 0. The molecule has 0 saturated heterocycles. The van der Waals surface area contributed by atoms with Crippen LogP contribution in [0.2, 0.25) is 0 Å². The van der Waals surface area contributed by atoms with Crippen LogP contribution in [0.15, 0.2) is 140 Å². The van der Waals surface area contributed by atoms with Gasteiger partial charge in [0.05, 0.1) is 11.2 Å². The molecule has 15 rings (SSSR count). The molecule has 468 valence electrons. The lowest BCUT2D eigenvalue weighted by atomic mass is 9.32. The average Bonchev–Trinajstić information content (AvgIpc) is 1.56. The van der Waals surface area contributed by atoms with Crippen LogP contribution in [-0.2, 0) is 48.7 Å². The molecule has 0 radical (unpaired) electrons. The summed E-state index contributed by atoms with van der Waals surface area (Å²) in [5.41, 5.74) is 33.7. The van der Waals surface area contributed by atoms with Crippen LogP contribution in [0.1, 0.15) is 257 Å². The van der Waals surface area contributed by atoms with E-state index < -0.39 is 0 Å². The summed E-state index contributed by atoms with van der Waals surface area (Å²) in [5.74, 6) is 0. The van der Waals surface area contributed by atoms with E-state index in [1.165, 1.54) is 159 Å². The summed E-state index contributed by atoms with van der Waals surface area (Å²) >= 11 is 0. The number of aryl methyl sites for hydroxylation is 1. The first-order valence-electron chi connectivity index (χ1n) is 35.1. The van der Waals surface area contributed by atoms with Crippen molar-refractivity contribution in [2.45, 2.75) is 251 Å². The first-order valence-corrected chi connectivity index (χ1v) is 35.1. The molecule has 1 fully saturated rings. The number of rotatable bonds is 4. The van der Waals surface area contributed by atoms with Gasteiger partial charge in [0.1, 0.15) is 0 Å². The Morgan fingerprint density at radius 3 is 1.35 bits per heavy atom. The monoisotopic (exact) mass is 1200 g/mol. The van der Waals surface area contributed by atoms with E-state index in [2.05, 4.69) is 300 Å². The second kappa shape index (κ2) is 19.2. The molecule has 0 aromatic heterocycles. The van der Waals surface area contributed by atoms with Crippen LogP contribution in [0.25, 0.3) is 11.1 Å². The third-order valence-electron chi connectivity index (χ3n) is 25.6. The number of anilines is 8. The highest BCUT2D eigenvalue weighted by molar-refractivity contribution is 7.00. The van der Waals surface area contributed by atoms with Crippen LogP contribution in [-0.4, -0.2) is 12.3 Å². The highest BCUT2D eigenvalue weighted by Crippen LogP contribution is 2.64. The van der Waals surface area contributed by atoms with Gasteiger partial charge in [0.25, 0.3) is 6.71 Å². The van der Waals surface area contributed by atoms with Crippen LogP contribution in [0.4, 0.5) is 45.5 Å². The Labute approximate surface area is 548 Å². The van der Waals surface area contributed by atoms with Gasteiger partial charge in [-0.15, -0.1) is 0 Å². The molecule has 7 aliphatic rings. The standard InChI is InChI=1S/C87H102BN3/c1-53-43-61-63(82(12,13)41-39-80(61,8)9)50-72(53)90-73-51-64-62(81(10,11)40-42-83(64,14)15)48-68(73)88-69-49-65-66(85(18,19)60-32-26-25-31-59(60)84(65,16)17)52-74(69)89(70-35-33-55(78(2,3)4)44-58(70)54-29-23-22-24-30-54)75-46-57(47-76(90)77(75)88)91-71-36-34-56(79(5,6)7)45-67(71)86(20)37-27-28-38-87(86,91)21/h22-26,29-36,43-52H,27-28,37-42H2,1-21H3. The summed E-state index contributed by atoms with van der Waals surface area (Å²) in [5, 5.41) is 0. The van der Waals surface area contributed by atoms with Crippen molar-refractivity contribution in [2.24, 2.45) is 0 Å². The molecule has 1 saturated carbocycles. The molecule has 91 heavy (non-hydrogen) atoms. The molecule has 3 heterocycles. The largest absolute Gasteiger partial charge is 0.334 e. The zero-order valence-corrected chi connectivity index (χ0v) is 59.4. The first-order chi connectivity index (χ1) is 42.5. The van der Waals surface area contributed by atoms with Gasteiger partial charge in [0, 0.05) is 61.6 Å². The van der Waals surface area contributed by atoms with Crippen LogP contribution < -0.4 is 31.1 Å². The van der Waals surface area contributed by atoms with E-state index in [1.54, 1.807) is 0 Å². The molecule has 2 atom stereocenters. The summed E-state index contributed by atoms with van der Waals surface area (Å²) in [6, 6.07) is 57.7. The van der Waals surface area contributed by atoms with Crippen molar-refractivity contribution >= 4 is 68.6 Å². The molecule has 0 spiro atoms. The summed E-state index contributed by atoms with van der Waals surface area (Å²) in [6.45, 7) is 52.2. The minimum Gasteiger partial charge on any atom is -0.334 e. The van der Waals surface area contributed by atoms with Crippen molar-refractivity contribution in [3.63, 3.8) is 0 Å². The topological polar surface area (TPSA) is 9.72 Å². The Bertz CT molecular complexity index is 4400. The van der Waals surface area contributed by atoms with Gasteiger partial charge in [-0.25, -0.2) is 0 Å². The minimum atomic E-state index is -0.277. The number of benzene rings is 8. The smallest absolute Gasteiger partial charge is 0.252 e. The molecule has 0 amide bonds. The predicted molar refractivity (Wildman–Crippen MR) is 392 cm³/mol. The van der Waals surface area contributed by atoms with E-state index in [-0.39, 0.29) is 61.0 Å². The molecule has 3 aliphatic heterocycles. The maximum Gasteiger partial charge on any atom is 0.252 e. The highest BCUT2D eigenvalue weighted by Gasteiger charge is 2.59. The fourth-order valence-corrected chi connectivity index (χ4v) is 19.2. The molecule has 2 unspecified atom stereocenters. The van der Waals surface area contributed by atoms with Crippen LogP contribution in [0.3, 0.4) is 0 Å². The van der Waals surface area contributed by atoms with Crippen molar-refractivity contribution in [1.82, 2.24) is 0 Å². The lowest BCUT2D eigenvalue weighted by molar-refractivity contribution is 0.195. The fraction of sp³-hybridized carbons (Fsp3) is 0.448. The summed E-state index contributed by atoms with van der Waals surface area (Å²) in [4.78, 5) is 8.57. The number of hydrogen-bond donors (Lipinski definition) is 0. The Hall–Kier alpha value is -6.78. The van der Waals surface area contributed by atoms with E-state index in [0.717, 1.165) is 32.1 Å². The maximum absolute atomic E-state index is 2.90. The third kappa shape index (κ3) is 8.50. The normalized spacial score (nSPS) is 23.0. The lowest BCUT2D eigenvalue weighted by Crippen LogP contribution is -2.62. The van der Waals surface area contributed by atoms with Gasteiger partial charge >= 0.3 is 0 Å². The molecular formula is C87H102BN3. The minimum absolute atomic E-state index is 0.00385. The molecule has 8 aromatic rings. The van der Waals surface area contributed by atoms with Gasteiger partial charge in [-0.3, -0.25) is 0 Å². The van der Waals surface area contributed by atoms with Crippen molar-refractivity contribution in [1.29, 1.82) is 0 Å². The SMILES string of the molecule is Cc1cc2c(cc1N1c3cc4c(cc3B3c5cc6c(cc5N(c5ccc(C(C)(C)C)cc5-c5ccccc5)c5cc(N7c8ccc(C(C)(C)C)cc8C8(C)CCCCC78C)cc1c53)C(C)(C)c1ccccc1C6(C)C)C(C)(C)CCC4(C)C)C(C)(C)CCC2(C)C. The quantitative estimate of drug-likeness (QED) is 0.163. The average molecular weight is 1200 g/mol. The molecule has 0 N–H and O–H groups in total. The second-order valence-corrected chi connectivity index (χ2v) is 35.9. The van der Waals surface area contributed by atoms with Crippen LogP contribution >= 0.6 is 0 Å². The molecule has 8 aromatic carbocycles. The summed E-state index contributed by atoms with van der Waals surface area (Å²) < 4.78 is 0. The zero-order chi connectivity index (χ0) is 64.7. The van der Waals surface area contributed by atoms with Crippen LogP contribution in [0, 0.1) is 6.92 Å². The lowest BCUT2D eigenvalue weighted by Gasteiger charge is -2.52. The van der Waals surface area contributed by atoms with Crippen molar-refractivity contribution in [3.8, 4) is 11.1 Å². The van der Waals surface area contributed by atoms with E-state index in [1.807, 2.05) is 0 Å². The Balaban J connectivity index is 1.15. The van der Waals surface area contributed by atoms with Crippen molar-refractivity contribution < 1.29 is 0 Å². The fourth-order valence-electron chi connectivity index (χ4n) is 19.2. The molecule has 4 heteroatoms. The van der Waals surface area contributed by atoms with E-state index in [4.69, 9.17) is 0 Å². The molecule has 4 aliphatic carbocycles. The summed E-state index contributed by atoms with van der Waals surface area (Å²) in [6.07, 6.45) is 9.37. The Morgan fingerprint density at radius 1 is 0.363 bits per heavy atom. The van der Waals surface area contributed by atoms with Gasteiger partial charge in [-0.1, -0.05) is 235 Å². The predicted octanol–water partition coefficient (Wildman–Crippen LogP) is 21.7. The van der Waals surface area contributed by atoms with Gasteiger partial charge < -0.3 is 14.7 Å². The van der Waals surface area contributed by atoms with Gasteiger partial charge in [0.2, 0.25) is 0 Å². The Kier molecular flexibility index (Phi) is 12.8. The number of hydrogen-bond acceptors (Lipinski definition) is 3. The first kappa shape index (κ1) is 60.5. The van der Waals surface area contributed by atoms with Crippen molar-refractivity contribution in [3.05, 3.63) is 206 Å². The van der Waals surface area contributed by atoms with Gasteiger partial charge in [0.15, 0.2) is 0 Å². The second-order valence-electron chi connectivity index (χ2n) is 35.9. The highest BCUT2D eigenvalue weighted by atomic mass is 15.3. The molecular weight excluding hydrogens is 1100 g/mol. The van der Waals surface area contributed by atoms with Crippen LogP contribution in [0.5, 0.6) is 0 Å². The third-order valence-corrected chi connectivity index (χ3v) is 25.6. The number of fused-ring (bicyclic) bond motifs is 11. The molecule has 3 nitrogen and oxygen atoms in total. The maximum atomic E-state index is 2.90. The van der Waals surface area contributed by atoms with E-state index in [9.17, 15) is 0 Å². The van der Waals surface area contributed by atoms with Crippen molar-refractivity contribution in [2.75, 3.05) is 14.7 Å².